The molecule has 6 nitrogen and oxygen atoms in total. The molecule has 0 aliphatic rings. The summed E-state index contributed by atoms with van der Waals surface area (Å²) in [6.45, 7) is 20.5. The second kappa shape index (κ2) is 23.1. The van der Waals surface area contributed by atoms with Crippen LogP contribution >= 0.6 is 0 Å². The van der Waals surface area contributed by atoms with Crippen LogP contribution in [0.2, 0.25) is 0 Å². The summed E-state index contributed by atoms with van der Waals surface area (Å²) in [6.07, 6.45) is 9.62. The van der Waals surface area contributed by atoms with Crippen molar-refractivity contribution in [3.05, 3.63) is 78.5 Å². The number of aromatic nitrogens is 1. The van der Waals surface area contributed by atoms with E-state index in [1.807, 2.05) is 134 Å². The van der Waals surface area contributed by atoms with Gasteiger partial charge < -0.3 is 20.1 Å². The van der Waals surface area contributed by atoms with Gasteiger partial charge in [0.15, 0.2) is 0 Å². The summed E-state index contributed by atoms with van der Waals surface area (Å²) in [5.41, 5.74) is 4.79. The zero-order valence-electron chi connectivity index (χ0n) is 29.8. The Balaban J connectivity index is 0. The normalized spacial score (nSPS) is 10.1. The Morgan fingerprint density at radius 2 is 1.56 bits per heavy atom. The van der Waals surface area contributed by atoms with Crippen molar-refractivity contribution in [1.82, 2.24) is 4.57 Å². The molecule has 2 amide bonds. The van der Waals surface area contributed by atoms with Gasteiger partial charge in [0, 0.05) is 55.5 Å². The Bertz CT molecular complexity index is 1370. The predicted molar refractivity (Wildman–Crippen MR) is 196 cm³/mol. The molecule has 0 aliphatic heterocycles. The van der Waals surface area contributed by atoms with E-state index in [1.165, 1.54) is 0 Å². The van der Waals surface area contributed by atoms with E-state index >= 15 is 0 Å². The van der Waals surface area contributed by atoms with Crippen LogP contribution in [0.3, 0.4) is 0 Å². The average Bonchev–Trinajstić information content (AvgIpc) is 3.30. The fourth-order valence-corrected chi connectivity index (χ4v) is 3.77. The number of nitrogens with zero attached hydrogens (tertiary/aromatic N) is 2. The molecule has 0 saturated carbocycles. The number of anilines is 3. The number of carbonyl (C=O) groups excluding carboxylic acids is 2. The van der Waals surface area contributed by atoms with Gasteiger partial charge in [-0.2, -0.15) is 0 Å². The maximum absolute atomic E-state index is 12.8. The Hall–Kier alpha value is -4.31. The minimum atomic E-state index is -0.298. The lowest BCUT2D eigenvalue weighted by atomic mass is 9.92. The molecule has 0 saturated heterocycles. The Kier molecular flexibility index (Phi) is 22.0. The van der Waals surface area contributed by atoms with Crippen molar-refractivity contribution in [2.24, 2.45) is 12.5 Å². The van der Waals surface area contributed by atoms with Crippen molar-refractivity contribution < 1.29 is 14.0 Å². The van der Waals surface area contributed by atoms with E-state index in [4.69, 9.17) is 0 Å². The maximum Gasteiger partial charge on any atom is 0.272 e. The van der Waals surface area contributed by atoms with E-state index in [1.54, 1.807) is 19.9 Å². The first-order chi connectivity index (χ1) is 21.2. The SMILES string of the molecule is C#CC.C=CC.CC.CC/C=C(/C)CF.CN(C)c1ccc(NC(=O)c2cc3cc(NC(=O)CC(C)(C)C)ccc3n2C)cc1. The Morgan fingerprint density at radius 1 is 1.04 bits per heavy atom. The minimum absolute atomic E-state index is 0.0167. The highest BCUT2D eigenvalue weighted by Crippen LogP contribution is 2.25. The number of hydrogen-bond donors (Lipinski definition) is 2. The summed E-state index contributed by atoms with van der Waals surface area (Å²) < 4.78 is 13.4. The van der Waals surface area contributed by atoms with E-state index in [9.17, 15) is 14.0 Å². The molecule has 2 aromatic carbocycles. The molecule has 0 spiro atoms. The summed E-state index contributed by atoms with van der Waals surface area (Å²) in [6, 6.07) is 15.2. The van der Waals surface area contributed by atoms with Gasteiger partial charge in [-0.05, 0) is 86.7 Å². The first-order valence-electron chi connectivity index (χ1n) is 15.3. The van der Waals surface area contributed by atoms with Gasteiger partial charge in [0.05, 0.1) is 0 Å². The van der Waals surface area contributed by atoms with Crippen molar-refractivity contribution in [2.45, 2.75) is 75.2 Å². The van der Waals surface area contributed by atoms with Gasteiger partial charge in [0.2, 0.25) is 5.91 Å². The number of terminal acetylenes is 1. The van der Waals surface area contributed by atoms with Crippen LogP contribution in [0, 0.1) is 17.8 Å². The molecule has 0 radical (unpaired) electrons. The lowest BCUT2D eigenvalue weighted by Crippen LogP contribution is -2.19. The molecule has 1 heterocycles. The van der Waals surface area contributed by atoms with Gasteiger partial charge >= 0.3 is 0 Å². The zero-order chi connectivity index (χ0) is 35.2. The molecule has 3 rings (SSSR count). The number of benzene rings is 2. The predicted octanol–water partition coefficient (Wildman–Crippen LogP) is 10.0. The van der Waals surface area contributed by atoms with Crippen LogP contribution in [0.15, 0.2) is 72.8 Å². The topological polar surface area (TPSA) is 66.4 Å². The molecule has 1 aromatic heterocycles. The van der Waals surface area contributed by atoms with Crippen molar-refractivity contribution in [1.29, 1.82) is 0 Å². The number of nitrogens with one attached hydrogen (secondary N) is 2. The van der Waals surface area contributed by atoms with Crippen LogP contribution in [-0.4, -0.2) is 37.2 Å². The Morgan fingerprint density at radius 3 is 1.98 bits per heavy atom. The van der Waals surface area contributed by atoms with Gasteiger partial charge in [-0.3, -0.25) is 9.59 Å². The smallest absolute Gasteiger partial charge is 0.272 e. The Labute approximate surface area is 272 Å². The molecule has 3 aromatic rings. The fourth-order valence-electron chi connectivity index (χ4n) is 3.77. The van der Waals surface area contributed by atoms with Gasteiger partial charge in [-0.1, -0.05) is 53.7 Å². The standard InChI is InChI=1S/C24H30N4O2.C6H11F.C3H6.C3H4.C2H6/c1-24(2,3)15-22(29)25-18-9-12-20-16(13-18)14-21(28(20)6)23(30)26-17-7-10-19(11-8-17)27(4)5;1-3-4-6(2)5-7;2*1-3-2;1-2/h7-14H,15H2,1-6H3,(H,25,29)(H,26,30);4H,3,5H2,1-2H3;3H,1H2,2H3;1H,2H3;1-2H3/b;6-4-;;;. The first kappa shape index (κ1) is 42.8. The molecule has 45 heavy (non-hydrogen) atoms. The molecule has 248 valence electrons. The number of aryl methyl sites for hydroxylation is 1. The summed E-state index contributed by atoms with van der Waals surface area (Å²) in [5.74, 6) is 2.06. The van der Waals surface area contributed by atoms with E-state index in [2.05, 4.69) is 29.6 Å². The molecular formula is C38H57FN4O2. The lowest BCUT2D eigenvalue weighted by molar-refractivity contribution is -0.117. The van der Waals surface area contributed by atoms with E-state index in [-0.39, 0.29) is 23.9 Å². The monoisotopic (exact) mass is 620 g/mol. The van der Waals surface area contributed by atoms with Crippen molar-refractivity contribution in [2.75, 3.05) is 36.3 Å². The molecule has 0 fully saturated rings. The molecule has 0 unspecified atom stereocenters. The van der Waals surface area contributed by atoms with E-state index in [0.717, 1.165) is 40.0 Å². The number of hydrogen-bond acceptors (Lipinski definition) is 3. The average molecular weight is 621 g/mol. The summed E-state index contributed by atoms with van der Waals surface area (Å²) >= 11 is 0. The third kappa shape index (κ3) is 17.5. The molecule has 0 atom stereocenters. The maximum atomic E-state index is 12.8. The van der Waals surface area contributed by atoms with Crippen LogP contribution in [0.4, 0.5) is 21.5 Å². The third-order valence-electron chi connectivity index (χ3n) is 5.65. The van der Waals surface area contributed by atoms with Crippen LogP contribution in [-0.2, 0) is 11.8 Å². The number of allylic oxidation sites excluding steroid dienone is 3. The minimum Gasteiger partial charge on any atom is -0.378 e. The van der Waals surface area contributed by atoms with E-state index < -0.39 is 0 Å². The molecular weight excluding hydrogens is 563 g/mol. The number of amides is 2. The number of carbonyl (C=O) groups is 2. The van der Waals surface area contributed by atoms with Crippen LogP contribution in [0.25, 0.3) is 10.9 Å². The highest BCUT2D eigenvalue weighted by molar-refractivity contribution is 6.07. The molecule has 0 aliphatic carbocycles. The van der Waals surface area contributed by atoms with Gasteiger partial charge in [-0.15, -0.1) is 18.9 Å². The molecule has 0 bridgehead atoms. The highest BCUT2D eigenvalue weighted by Gasteiger charge is 2.17. The van der Waals surface area contributed by atoms with Gasteiger partial charge in [0.1, 0.15) is 12.4 Å². The second-order valence-corrected chi connectivity index (χ2v) is 11.3. The number of alkyl halides is 1. The summed E-state index contributed by atoms with van der Waals surface area (Å²) in [7, 11) is 5.82. The van der Waals surface area contributed by atoms with Gasteiger partial charge in [0.25, 0.3) is 5.91 Å². The quantitative estimate of drug-likeness (QED) is 0.204. The lowest BCUT2D eigenvalue weighted by Gasteiger charge is -2.17. The molecule has 7 heteroatoms. The third-order valence-corrected chi connectivity index (χ3v) is 5.65. The molecule has 2 N–H and O–H groups in total. The summed E-state index contributed by atoms with van der Waals surface area (Å²) in [4.78, 5) is 27.1. The number of rotatable bonds is 7. The zero-order valence-corrected chi connectivity index (χ0v) is 29.8. The number of fused-ring (bicyclic) bond motifs is 1. The van der Waals surface area contributed by atoms with Crippen LogP contribution in [0.1, 0.15) is 85.6 Å². The fraction of sp³-hybridized carbons (Fsp3) is 0.421. The number of halogens is 1. The first-order valence-corrected chi connectivity index (χ1v) is 15.3. The van der Waals surface area contributed by atoms with Crippen molar-refractivity contribution in [3.8, 4) is 12.3 Å². The second-order valence-electron chi connectivity index (χ2n) is 11.3. The van der Waals surface area contributed by atoms with Crippen LogP contribution < -0.4 is 15.5 Å². The largest absolute Gasteiger partial charge is 0.378 e. The van der Waals surface area contributed by atoms with Crippen molar-refractivity contribution >= 4 is 39.8 Å². The van der Waals surface area contributed by atoms with Gasteiger partial charge in [-0.25, -0.2) is 4.39 Å². The summed E-state index contributed by atoms with van der Waals surface area (Å²) in [5, 5.41) is 6.80. The van der Waals surface area contributed by atoms with E-state index in [0.29, 0.717) is 12.1 Å². The van der Waals surface area contributed by atoms with Crippen molar-refractivity contribution in [3.63, 3.8) is 0 Å². The van der Waals surface area contributed by atoms with Crippen LogP contribution in [0.5, 0.6) is 0 Å². The highest BCUT2D eigenvalue weighted by atomic mass is 19.1.